The number of nitrogens with one attached hydrogen (secondary N) is 2. The molecule has 2 aliphatic heterocycles. The van der Waals surface area contributed by atoms with Crippen LogP contribution in [0.4, 0.5) is 4.39 Å². The van der Waals surface area contributed by atoms with Crippen molar-refractivity contribution in [1.82, 2.24) is 20.5 Å². The van der Waals surface area contributed by atoms with E-state index in [4.69, 9.17) is 0 Å². The lowest BCUT2D eigenvalue weighted by Crippen LogP contribution is -2.58. The van der Waals surface area contributed by atoms with Gasteiger partial charge in [0.25, 0.3) is 5.91 Å². The minimum atomic E-state index is -0.220. The molecule has 6 heteroatoms. The van der Waals surface area contributed by atoms with Crippen LogP contribution in [0.2, 0.25) is 0 Å². The first-order chi connectivity index (χ1) is 18.9. The minimum absolute atomic E-state index is 0.130. The quantitative estimate of drug-likeness (QED) is 0.442. The Balaban J connectivity index is 1.19. The number of hydrogen-bond acceptors (Lipinski definition) is 4. The fraction of sp³-hybridized carbons (Fsp3) is 0.333. The summed E-state index contributed by atoms with van der Waals surface area (Å²) in [5.41, 5.74) is 9.11. The van der Waals surface area contributed by atoms with E-state index in [9.17, 15) is 9.18 Å². The van der Waals surface area contributed by atoms with Gasteiger partial charge in [-0.3, -0.25) is 9.78 Å². The van der Waals surface area contributed by atoms with Gasteiger partial charge in [0.15, 0.2) is 0 Å². The van der Waals surface area contributed by atoms with Crippen LogP contribution in [0.1, 0.15) is 64.8 Å². The lowest BCUT2D eigenvalue weighted by Gasteiger charge is -2.56. The predicted molar refractivity (Wildman–Crippen MR) is 154 cm³/mol. The van der Waals surface area contributed by atoms with Gasteiger partial charge in [0.2, 0.25) is 0 Å². The molecular weight excluding hydrogens is 487 g/mol. The molecule has 1 saturated heterocycles. The first kappa shape index (κ1) is 25.7. The van der Waals surface area contributed by atoms with Crippen LogP contribution in [0.5, 0.6) is 0 Å². The van der Waals surface area contributed by atoms with Gasteiger partial charge in [-0.1, -0.05) is 48.0 Å². The molecule has 1 atom stereocenters. The van der Waals surface area contributed by atoms with Gasteiger partial charge in [-0.2, -0.15) is 0 Å². The molecule has 0 radical (unpaired) electrons. The SMILES string of the molecule is C[C@@H](NC(=O)c1cncc(C2=CCNCC2)c1)c1ccc(C(=C2CC3(C2)CN(C)C3)c2ccc(F)cc2)cc1. The maximum atomic E-state index is 13.7. The smallest absolute Gasteiger partial charge is 0.253 e. The molecule has 39 heavy (non-hydrogen) atoms. The molecule has 1 amide bonds. The summed E-state index contributed by atoms with van der Waals surface area (Å²) in [5.74, 6) is -0.350. The van der Waals surface area contributed by atoms with Crippen LogP contribution in [-0.2, 0) is 0 Å². The number of likely N-dealkylation sites (tertiary alicyclic amines) is 1. The standard InChI is InChI=1S/C33H35FN4O/c1-22(37-32(39)28-15-27(18-36-19-28)24-11-13-35-14-12-24)23-3-5-25(6-4-23)31(26-7-9-30(34)10-8-26)29-16-33(17-29)20-38(2)21-33/h3-11,15,18-19,22,35H,12-14,16-17,20-21H2,1-2H3,(H,37,39)/t22-/m1/s1. The highest BCUT2D eigenvalue weighted by atomic mass is 19.1. The van der Waals surface area contributed by atoms with Gasteiger partial charge in [0.1, 0.15) is 5.82 Å². The summed E-state index contributed by atoms with van der Waals surface area (Å²) in [4.78, 5) is 19.8. The first-order valence-electron chi connectivity index (χ1n) is 13.8. The summed E-state index contributed by atoms with van der Waals surface area (Å²) >= 11 is 0. The number of hydrogen-bond donors (Lipinski definition) is 2. The van der Waals surface area contributed by atoms with Gasteiger partial charge in [0, 0.05) is 37.4 Å². The van der Waals surface area contributed by atoms with E-state index in [1.165, 1.54) is 16.7 Å². The van der Waals surface area contributed by atoms with Crippen LogP contribution in [0.15, 0.2) is 78.6 Å². The van der Waals surface area contributed by atoms with Crippen LogP contribution < -0.4 is 10.6 Å². The number of aromatic nitrogens is 1. The van der Waals surface area contributed by atoms with Crippen LogP contribution in [0, 0.1) is 11.2 Å². The molecule has 0 unspecified atom stereocenters. The van der Waals surface area contributed by atoms with Gasteiger partial charge in [-0.05, 0) is 91.4 Å². The Morgan fingerprint density at radius 1 is 1.03 bits per heavy atom. The molecular formula is C33H35FN4O. The summed E-state index contributed by atoms with van der Waals surface area (Å²) in [6, 6.07) is 17.1. The number of amides is 1. The number of nitrogens with zero attached hydrogens (tertiary/aromatic N) is 2. The van der Waals surface area contributed by atoms with Crippen molar-refractivity contribution in [2.24, 2.45) is 5.41 Å². The lowest BCUT2D eigenvalue weighted by molar-refractivity contribution is -0.0106. The maximum Gasteiger partial charge on any atom is 0.253 e. The van der Waals surface area contributed by atoms with Crippen molar-refractivity contribution >= 4 is 17.1 Å². The maximum absolute atomic E-state index is 13.7. The number of halogens is 1. The summed E-state index contributed by atoms with van der Waals surface area (Å²) in [7, 11) is 2.17. The van der Waals surface area contributed by atoms with E-state index in [1.54, 1.807) is 18.3 Å². The molecule has 0 bridgehead atoms. The topological polar surface area (TPSA) is 57.3 Å². The van der Waals surface area contributed by atoms with Crippen LogP contribution in [-0.4, -0.2) is 49.0 Å². The van der Waals surface area contributed by atoms with Crippen molar-refractivity contribution in [2.75, 3.05) is 33.2 Å². The van der Waals surface area contributed by atoms with E-state index in [2.05, 4.69) is 57.9 Å². The molecule has 1 aromatic heterocycles. The van der Waals surface area contributed by atoms with E-state index in [0.29, 0.717) is 11.0 Å². The Morgan fingerprint density at radius 2 is 1.72 bits per heavy atom. The summed E-state index contributed by atoms with van der Waals surface area (Å²) in [6.45, 7) is 6.08. The molecule has 1 spiro atoms. The molecule has 2 fully saturated rings. The molecule has 1 saturated carbocycles. The average molecular weight is 523 g/mol. The van der Waals surface area contributed by atoms with E-state index < -0.39 is 0 Å². The van der Waals surface area contributed by atoms with E-state index in [0.717, 1.165) is 67.7 Å². The van der Waals surface area contributed by atoms with Crippen molar-refractivity contribution in [3.63, 3.8) is 0 Å². The molecule has 200 valence electrons. The number of carbonyl (C=O) groups is 1. The summed E-state index contributed by atoms with van der Waals surface area (Å²) < 4.78 is 13.7. The third-order valence-corrected chi connectivity index (χ3v) is 8.36. The highest BCUT2D eigenvalue weighted by Gasteiger charge is 2.49. The molecule has 6 rings (SSSR count). The second-order valence-electron chi connectivity index (χ2n) is 11.5. The number of allylic oxidation sites excluding steroid dienone is 1. The van der Waals surface area contributed by atoms with Gasteiger partial charge in [-0.25, -0.2) is 4.39 Å². The predicted octanol–water partition coefficient (Wildman–Crippen LogP) is 5.62. The third kappa shape index (κ3) is 5.32. The van der Waals surface area contributed by atoms with Crippen molar-refractivity contribution in [1.29, 1.82) is 0 Å². The second kappa shape index (κ2) is 10.5. The fourth-order valence-corrected chi connectivity index (χ4v) is 6.47. The monoisotopic (exact) mass is 522 g/mol. The Morgan fingerprint density at radius 3 is 2.36 bits per heavy atom. The van der Waals surface area contributed by atoms with Gasteiger partial charge in [0.05, 0.1) is 11.6 Å². The molecule has 2 aromatic carbocycles. The highest BCUT2D eigenvalue weighted by molar-refractivity contribution is 5.95. The van der Waals surface area contributed by atoms with Crippen LogP contribution in [0.25, 0.3) is 11.1 Å². The van der Waals surface area contributed by atoms with E-state index in [-0.39, 0.29) is 17.8 Å². The Hall–Kier alpha value is -3.61. The van der Waals surface area contributed by atoms with Crippen molar-refractivity contribution in [3.05, 3.63) is 112 Å². The van der Waals surface area contributed by atoms with Crippen LogP contribution in [0.3, 0.4) is 0 Å². The Kier molecular flexibility index (Phi) is 6.92. The Bertz CT molecular complexity index is 1430. The molecule has 2 N–H and O–H groups in total. The zero-order valence-corrected chi connectivity index (χ0v) is 22.6. The molecule has 3 aliphatic rings. The average Bonchev–Trinajstić information content (AvgIpc) is 2.93. The Labute approximate surface area is 229 Å². The fourth-order valence-electron chi connectivity index (χ4n) is 6.47. The zero-order chi connectivity index (χ0) is 27.0. The van der Waals surface area contributed by atoms with Gasteiger partial charge < -0.3 is 15.5 Å². The molecule has 1 aliphatic carbocycles. The normalized spacial score (nSPS) is 19.1. The number of pyridine rings is 1. The number of carbonyl (C=O) groups excluding carboxylic acids is 1. The minimum Gasteiger partial charge on any atom is -0.345 e. The van der Waals surface area contributed by atoms with E-state index >= 15 is 0 Å². The third-order valence-electron chi connectivity index (χ3n) is 8.36. The number of benzene rings is 2. The second-order valence-corrected chi connectivity index (χ2v) is 11.5. The van der Waals surface area contributed by atoms with Crippen LogP contribution >= 0.6 is 0 Å². The van der Waals surface area contributed by atoms with Gasteiger partial charge in [-0.15, -0.1) is 0 Å². The molecule has 5 nitrogen and oxygen atoms in total. The lowest BCUT2D eigenvalue weighted by atomic mass is 9.59. The largest absolute Gasteiger partial charge is 0.345 e. The van der Waals surface area contributed by atoms with Gasteiger partial charge >= 0.3 is 0 Å². The van der Waals surface area contributed by atoms with Crippen molar-refractivity contribution in [3.8, 4) is 0 Å². The first-order valence-corrected chi connectivity index (χ1v) is 13.8. The number of rotatable bonds is 6. The summed E-state index contributed by atoms with van der Waals surface area (Å²) in [5, 5.41) is 6.45. The van der Waals surface area contributed by atoms with Crippen molar-refractivity contribution in [2.45, 2.75) is 32.2 Å². The van der Waals surface area contributed by atoms with Crippen molar-refractivity contribution < 1.29 is 9.18 Å². The molecule has 3 aromatic rings. The highest BCUT2D eigenvalue weighted by Crippen LogP contribution is 2.54. The zero-order valence-electron chi connectivity index (χ0n) is 22.6. The molecule has 3 heterocycles. The summed E-state index contributed by atoms with van der Waals surface area (Å²) in [6.07, 6.45) is 8.75. The van der Waals surface area contributed by atoms with E-state index in [1.807, 2.05) is 31.3 Å².